The number of nitrogens with zero attached hydrogens (tertiary/aromatic N) is 1. The van der Waals surface area contributed by atoms with Gasteiger partial charge in [-0.05, 0) is 6.07 Å². The van der Waals surface area contributed by atoms with Crippen LogP contribution in [0.2, 0.25) is 0 Å². The summed E-state index contributed by atoms with van der Waals surface area (Å²) in [6.45, 7) is 0. The maximum atomic E-state index is 11.6. The Morgan fingerprint density at radius 3 is 2.65 bits per heavy atom. The maximum absolute atomic E-state index is 11.6. The molecule has 17 heavy (non-hydrogen) atoms. The maximum Gasteiger partial charge on any atom is 0.258 e. The van der Waals surface area contributed by atoms with Crippen LogP contribution in [0.1, 0.15) is 5.56 Å². The molecule has 2 heterocycles. The van der Waals surface area contributed by atoms with Crippen LogP contribution < -0.4 is 5.32 Å². The molecule has 1 aromatic carbocycles. The number of amides is 2. The van der Waals surface area contributed by atoms with Gasteiger partial charge in [-0.25, -0.2) is 0 Å². The Balaban J connectivity index is 2.29. The van der Waals surface area contributed by atoms with Crippen molar-refractivity contribution < 1.29 is 9.59 Å². The molecule has 0 unspecified atom stereocenters. The van der Waals surface area contributed by atoms with E-state index < -0.39 is 5.91 Å². The van der Waals surface area contributed by atoms with E-state index >= 15 is 0 Å². The monoisotopic (exact) mass is 246 g/mol. The van der Waals surface area contributed by atoms with Gasteiger partial charge in [0.05, 0.1) is 11.1 Å². The quantitative estimate of drug-likeness (QED) is 0.779. The van der Waals surface area contributed by atoms with Gasteiger partial charge in [0.15, 0.2) is 0 Å². The molecule has 1 aliphatic rings. The van der Waals surface area contributed by atoms with Crippen molar-refractivity contribution in [2.75, 3.05) is 0 Å². The van der Waals surface area contributed by atoms with Crippen molar-refractivity contribution in [1.82, 2.24) is 9.40 Å². The minimum absolute atomic E-state index is 0.352. The lowest BCUT2D eigenvalue weighted by molar-refractivity contribution is -0.123. The Labute approximate surface area is 102 Å². The molecule has 0 atom stereocenters. The molecule has 0 spiro atoms. The third kappa shape index (κ3) is 1.45. The highest BCUT2D eigenvalue weighted by Gasteiger charge is 2.24. The second-order valence-corrected chi connectivity index (χ2v) is 4.11. The highest BCUT2D eigenvalue weighted by atomic mass is 35.5. The number of para-hydroxylation sites is 1. The molecule has 0 saturated carbocycles. The van der Waals surface area contributed by atoms with Crippen molar-refractivity contribution in [1.29, 1.82) is 0 Å². The van der Waals surface area contributed by atoms with E-state index in [0.29, 0.717) is 11.1 Å². The standard InChI is InChI=1S/C12H7ClN2O2/c13-15-6-9(7-3-1-2-4-10(7)15)8-5-11(16)14-12(8)17/h1-6H,(H,14,16,17). The molecule has 4 nitrogen and oxygen atoms in total. The molecular weight excluding hydrogens is 240 g/mol. The number of hydrogen-bond acceptors (Lipinski definition) is 2. The number of imide groups is 1. The van der Waals surface area contributed by atoms with E-state index in [-0.39, 0.29) is 5.91 Å². The third-order valence-corrected chi connectivity index (χ3v) is 2.99. The SMILES string of the molecule is O=C1C=C(c2cn(Cl)c3ccccc23)C(=O)N1. The first-order valence-corrected chi connectivity index (χ1v) is 5.34. The Bertz CT molecular complexity index is 685. The van der Waals surface area contributed by atoms with Gasteiger partial charge < -0.3 is 0 Å². The zero-order valence-corrected chi connectivity index (χ0v) is 9.36. The van der Waals surface area contributed by atoms with Gasteiger partial charge in [-0.2, -0.15) is 0 Å². The number of fused-ring (bicyclic) bond motifs is 1. The van der Waals surface area contributed by atoms with Gasteiger partial charge >= 0.3 is 0 Å². The lowest BCUT2D eigenvalue weighted by atomic mass is 10.1. The molecule has 84 valence electrons. The Morgan fingerprint density at radius 1 is 1.18 bits per heavy atom. The summed E-state index contributed by atoms with van der Waals surface area (Å²) in [5, 5.41) is 3.06. The van der Waals surface area contributed by atoms with E-state index in [1.807, 2.05) is 24.3 Å². The zero-order valence-electron chi connectivity index (χ0n) is 8.61. The van der Waals surface area contributed by atoms with E-state index in [0.717, 1.165) is 10.9 Å². The van der Waals surface area contributed by atoms with E-state index in [1.54, 1.807) is 6.20 Å². The number of carbonyl (C=O) groups excluding carboxylic acids is 2. The molecule has 5 heteroatoms. The van der Waals surface area contributed by atoms with Crippen LogP contribution in [0, 0.1) is 0 Å². The molecule has 0 saturated heterocycles. The van der Waals surface area contributed by atoms with Crippen molar-refractivity contribution in [3.05, 3.63) is 42.1 Å². The average Bonchev–Trinajstić information content (AvgIpc) is 2.80. The topological polar surface area (TPSA) is 51.1 Å². The second-order valence-electron chi connectivity index (χ2n) is 3.75. The van der Waals surface area contributed by atoms with Crippen LogP contribution in [-0.4, -0.2) is 15.9 Å². The number of nitrogens with one attached hydrogen (secondary N) is 1. The fourth-order valence-corrected chi connectivity index (χ4v) is 2.21. The van der Waals surface area contributed by atoms with Gasteiger partial charge in [0.25, 0.3) is 11.8 Å². The molecule has 0 bridgehead atoms. The summed E-state index contributed by atoms with van der Waals surface area (Å²) < 4.78 is 1.42. The number of carbonyl (C=O) groups is 2. The molecule has 0 aliphatic carbocycles. The van der Waals surface area contributed by atoms with Crippen LogP contribution in [0.5, 0.6) is 0 Å². The van der Waals surface area contributed by atoms with Crippen LogP contribution in [0.3, 0.4) is 0 Å². The molecule has 3 rings (SSSR count). The van der Waals surface area contributed by atoms with Gasteiger partial charge in [-0.1, -0.05) is 18.2 Å². The second kappa shape index (κ2) is 3.46. The van der Waals surface area contributed by atoms with E-state index in [1.165, 1.54) is 10.2 Å². The van der Waals surface area contributed by atoms with Crippen LogP contribution in [0.25, 0.3) is 16.5 Å². The fourth-order valence-electron chi connectivity index (χ4n) is 1.97. The summed E-state index contributed by atoms with van der Waals surface area (Å²) in [6.07, 6.45) is 2.93. The van der Waals surface area contributed by atoms with Crippen molar-refractivity contribution in [2.45, 2.75) is 0 Å². The minimum atomic E-state index is -0.392. The van der Waals surface area contributed by atoms with E-state index in [9.17, 15) is 9.59 Å². The minimum Gasteiger partial charge on any atom is -0.289 e. The first-order chi connectivity index (χ1) is 8.16. The highest BCUT2D eigenvalue weighted by molar-refractivity contribution is 6.35. The summed E-state index contributed by atoms with van der Waals surface area (Å²) in [6, 6.07) is 7.43. The molecule has 0 fully saturated rings. The molecule has 1 aliphatic heterocycles. The summed E-state index contributed by atoms with van der Waals surface area (Å²) in [4.78, 5) is 22.7. The van der Waals surface area contributed by atoms with Crippen molar-refractivity contribution in [3.63, 3.8) is 0 Å². The molecule has 1 aromatic heterocycles. The van der Waals surface area contributed by atoms with Gasteiger partial charge in [0, 0.05) is 35.0 Å². The molecule has 2 aromatic rings. The van der Waals surface area contributed by atoms with Crippen LogP contribution in [-0.2, 0) is 9.59 Å². The average molecular weight is 247 g/mol. The predicted molar refractivity (Wildman–Crippen MR) is 64.3 cm³/mol. The number of benzene rings is 1. The number of rotatable bonds is 1. The largest absolute Gasteiger partial charge is 0.289 e. The molecule has 1 N–H and O–H groups in total. The van der Waals surface area contributed by atoms with Gasteiger partial charge in [0.1, 0.15) is 0 Å². The Kier molecular flexibility index (Phi) is 2.06. The third-order valence-electron chi connectivity index (χ3n) is 2.71. The summed E-state index contributed by atoms with van der Waals surface area (Å²) in [7, 11) is 0. The summed E-state index contributed by atoms with van der Waals surface area (Å²) >= 11 is 6.01. The molecule has 0 radical (unpaired) electrons. The van der Waals surface area contributed by atoms with E-state index in [4.69, 9.17) is 11.8 Å². The number of hydrogen-bond donors (Lipinski definition) is 1. The summed E-state index contributed by atoms with van der Waals surface area (Å²) in [5.74, 6) is -0.778. The van der Waals surface area contributed by atoms with E-state index in [2.05, 4.69) is 5.32 Å². The van der Waals surface area contributed by atoms with Crippen molar-refractivity contribution in [3.8, 4) is 0 Å². The first kappa shape index (κ1) is 10.1. The van der Waals surface area contributed by atoms with Crippen molar-refractivity contribution in [2.24, 2.45) is 0 Å². The van der Waals surface area contributed by atoms with Gasteiger partial charge in [0.2, 0.25) is 0 Å². The van der Waals surface area contributed by atoms with Crippen LogP contribution in [0.15, 0.2) is 36.5 Å². The van der Waals surface area contributed by atoms with Crippen LogP contribution in [0.4, 0.5) is 0 Å². The fraction of sp³-hybridized carbons (Fsp3) is 0. The highest BCUT2D eigenvalue weighted by Crippen LogP contribution is 2.29. The molecular formula is C12H7ClN2O2. The summed E-state index contributed by atoms with van der Waals surface area (Å²) in [5.41, 5.74) is 1.82. The Hall–Kier alpha value is -2.07. The number of aromatic nitrogens is 1. The molecule has 2 amide bonds. The predicted octanol–water partition coefficient (Wildman–Crippen LogP) is 1.68. The smallest absolute Gasteiger partial charge is 0.258 e. The lowest BCUT2D eigenvalue weighted by Crippen LogP contribution is -2.21. The zero-order chi connectivity index (χ0) is 12.0. The van der Waals surface area contributed by atoms with Crippen LogP contribution >= 0.6 is 11.8 Å². The Morgan fingerprint density at radius 2 is 1.94 bits per heavy atom. The first-order valence-electron chi connectivity index (χ1n) is 5.00. The number of halogens is 1. The van der Waals surface area contributed by atoms with Crippen molar-refractivity contribution >= 4 is 40.1 Å². The lowest BCUT2D eigenvalue weighted by Gasteiger charge is -1.96. The van der Waals surface area contributed by atoms with Gasteiger partial charge in [-0.3, -0.25) is 19.0 Å². The van der Waals surface area contributed by atoms with Gasteiger partial charge in [-0.15, -0.1) is 0 Å². The normalized spacial score (nSPS) is 15.2.